The zero-order valence-corrected chi connectivity index (χ0v) is 19.1. The number of hydrogen-bond acceptors (Lipinski definition) is 3. The van der Waals surface area contributed by atoms with Gasteiger partial charge in [0, 0.05) is 16.6 Å². The minimum absolute atomic E-state index is 0.585. The molecular formula is C26H25BrN2O2. The van der Waals surface area contributed by atoms with Crippen molar-refractivity contribution in [2.24, 2.45) is 0 Å². The molecule has 0 N–H and O–H groups in total. The van der Waals surface area contributed by atoms with Crippen LogP contribution in [0.15, 0.2) is 83.9 Å². The number of ether oxygens (including phenoxy) is 2. The van der Waals surface area contributed by atoms with Crippen LogP contribution in [0.25, 0.3) is 22.4 Å². The lowest BCUT2D eigenvalue weighted by molar-refractivity contribution is 0.283. The van der Waals surface area contributed by atoms with Crippen LogP contribution in [0.3, 0.4) is 0 Å². The Labute approximate surface area is 191 Å². The molecule has 0 fully saturated rings. The number of para-hydroxylation sites is 2. The molecule has 4 rings (SSSR count). The van der Waals surface area contributed by atoms with Crippen molar-refractivity contribution in [2.45, 2.75) is 19.4 Å². The summed E-state index contributed by atoms with van der Waals surface area (Å²) in [7, 11) is 1.67. The Balaban J connectivity index is 1.51. The summed E-state index contributed by atoms with van der Waals surface area (Å²) in [5.74, 6) is 2.48. The topological polar surface area (TPSA) is 36.3 Å². The first-order valence-electron chi connectivity index (χ1n) is 10.3. The fourth-order valence-electron chi connectivity index (χ4n) is 3.68. The number of hydrogen-bond donors (Lipinski definition) is 0. The first-order chi connectivity index (χ1) is 15.2. The minimum Gasteiger partial charge on any atom is -0.493 e. The van der Waals surface area contributed by atoms with Crippen molar-refractivity contribution < 1.29 is 9.47 Å². The molecule has 0 spiro atoms. The summed E-state index contributed by atoms with van der Waals surface area (Å²) in [6, 6.07) is 22.5. The number of nitrogens with zero attached hydrogens (tertiary/aromatic N) is 2. The van der Waals surface area contributed by atoms with Crippen molar-refractivity contribution in [3.05, 3.63) is 89.4 Å². The van der Waals surface area contributed by atoms with Crippen molar-refractivity contribution in [1.82, 2.24) is 9.55 Å². The van der Waals surface area contributed by atoms with Gasteiger partial charge < -0.3 is 14.0 Å². The van der Waals surface area contributed by atoms with E-state index in [-0.39, 0.29) is 0 Å². The zero-order valence-electron chi connectivity index (χ0n) is 17.6. The van der Waals surface area contributed by atoms with E-state index in [0.717, 1.165) is 63.3 Å². The number of fused-ring (bicyclic) bond motifs is 1. The van der Waals surface area contributed by atoms with Crippen molar-refractivity contribution in [3.63, 3.8) is 0 Å². The largest absolute Gasteiger partial charge is 0.493 e. The van der Waals surface area contributed by atoms with Gasteiger partial charge in [0.1, 0.15) is 5.82 Å². The fraction of sp³-hybridized carbons (Fsp3) is 0.192. The summed E-state index contributed by atoms with van der Waals surface area (Å²) in [5.41, 5.74) is 4.37. The van der Waals surface area contributed by atoms with Gasteiger partial charge in [-0.05, 0) is 54.8 Å². The van der Waals surface area contributed by atoms with Crippen LogP contribution < -0.4 is 9.47 Å². The van der Waals surface area contributed by atoms with Crippen LogP contribution in [-0.4, -0.2) is 23.3 Å². The molecule has 0 atom stereocenters. The lowest BCUT2D eigenvalue weighted by Crippen LogP contribution is -2.06. The Bertz CT molecular complexity index is 1200. The molecule has 0 amide bonds. The van der Waals surface area contributed by atoms with Gasteiger partial charge in [-0.1, -0.05) is 52.3 Å². The Morgan fingerprint density at radius 2 is 1.90 bits per heavy atom. The molecule has 4 aromatic rings. The van der Waals surface area contributed by atoms with Gasteiger partial charge in [0.2, 0.25) is 0 Å². The Hall–Kier alpha value is -3.05. The van der Waals surface area contributed by atoms with E-state index >= 15 is 0 Å². The molecule has 5 heteroatoms. The molecule has 0 aliphatic heterocycles. The molecule has 0 saturated carbocycles. The number of benzene rings is 3. The van der Waals surface area contributed by atoms with Gasteiger partial charge in [-0.25, -0.2) is 4.98 Å². The van der Waals surface area contributed by atoms with Crippen molar-refractivity contribution in [3.8, 4) is 22.9 Å². The Morgan fingerprint density at radius 1 is 1.03 bits per heavy atom. The number of methoxy groups -OCH3 is 1. The standard InChI is InChI=1S/C26H25BrN2O2/c1-3-8-19-13-14-24(25(17-19)30-2)31-16-7-15-29-23-12-5-4-11-22(23)28-26(29)20-9-6-10-21(27)18-20/h3-6,9-14,17-18H,1,7-8,15-16H2,2H3. The molecule has 0 aliphatic rings. The number of aromatic nitrogens is 2. The van der Waals surface area contributed by atoms with Gasteiger partial charge in [-0.2, -0.15) is 0 Å². The van der Waals surface area contributed by atoms with Crippen LogP contribution in [-0.2, 0) is 13.0 Å². The molecule has 3 aromatic carbocycles. The second kappa shape index (κ2) is 9.84. The summed E-state index contributed by atoms with van der Waals surface area (Å²) in [4.78, 5) is 4.89. The van der Waals surface area contributed by atoms with E-state index in [0.29, 0.717) is 6.61 Å². The minimum atomic E-state index is 0.585. The quantitative estimate of drug-likeness (QED) is 0.200. The summed E-state index contributed by atoms with van der Waals surface area (Å²) in [5, 5.41) is 0. The van der Waals surface area contributed by atoms with Gasteiger partial charge in [0.25, 0.3) is 0 Å². The van der Waals surface area contributed by atoms with E-state index < -0.39 is 0 Å². The van der Waals surface area contributed by atoms with Crippen LogP contribution >= 0.6 is 15.9 Å². The molecule has 0 aliphatic carbocycles. The third-order valence-electron chi connectivity index (χ3n) is 5.13. The van der Waals surface area contributed by atoms with Crippen LogP contribution in [0.1, 0.15) is 12.0 Å². The third-order valence-corrected chi connectivity index (χ3v) is 5.62. The van der Waals surface area contributed by atoms with Crippen LogP contribution in [0, 0.1) is 0 Å². The maximum absolute atomic E-state index is 6.04. The molecule has 1 aromatic heterocycles. The number of rotatable bonds is 9. The van der Waals surface area contributed by atoms with Gasteiger partial charge in [0.15, 0.2) is 11.5 Å². The molecule has 0 saturated heterocycles. The van der Waals surface area contributed by atoms with E-state index in [1.54, 1.807) is 7.11 Å². The van der Waals surface area contributed by atoms with Crippen molar-refractivity contribution in [1.29, 1.82) is 0 Å². The van der Waals surface area contributed by atoms with Crippen LogP contribution in [0.4, 0.5) is 0 Å². The lowest BCUT2D eigenvalue weighted by Gasteiger charge is -2.13. The molecule has 31 heavy (non-hydrogen) atoms. The van der Waals surface area contributed by atoms with Crippen LogP contribution in [0.2, 0.25) is 0 Å². The first-order valence-corrected chi connectivity index (χ1v) is 11.1. The highest BCUT2D eigenvalue weighted by Gasteiger charge is 2.13. The molecule has 1 heterocycles. The number of imidazole rings is 1. The van der Waals surface area contributed by atoms with Crippen molar-refractivity contribution >= 4 is 27.0 Å². The maximum atomic E-state index is 6.04. The number of allylic oxidation sites excluding steroid dienone is 1. The summed E-state index contributed by atoms with van der Waals surface area (Å²) < 4.78 is 14.9. The Kier molecular flexibility index (Phi) is 6.73. The van der Waals surface area contributed by atoms with Gasteiger partial charge >= 0.3 is 0 Å². The molecule has 0 unspecified atom stereocenters. The fourth-order valence-corrected chi connectivity index (χ4v) is 4.08. The average molecular weight is 477 g/mol. The van der Waals surface area contributed by atoms with Crippen molar-refractivity contribution in [2.75, 3.05) is 13.7 Å². The van der Waals surface area contributed by atoms with E-state index in [4.69, 9.17) is 14.5 Å². The molecule has 0 radical (unpaired) electrons. The highest BCUT2D eigenvalue weighted by molar-refractivity contribution is 9.10. The summed E-state index contributed by atoms with van der Waals surface area (Å²) >= 11 is 3.57. The SMILES string of the molecule is C=CCc1ccc(OCCCn2c(-c3cccc(Br)c3)nc3ccccc32)c(OC)c1. The smallest absolute Gasteiger partial charge is 0.161 e. The third kappa shape index (κ3) is 4.83. The highest BCUT2D eigenvalue weighted by atomic mass is 79.9. The zero-order chi connectivity index (χ0) is 21.6. The van der Waals surface area contributed by atoms with Gasteiger partial charge in [0.05, 0.1) is 24.8 Å². The second-order valence-corrected chi connectivity index (χ2v) is 8.18. The average Bonchev–Trinajstić information content (AvgIpc) is 3.16. The second-order valence-electron chi connectivity index (χ2n) is 7.27. The van der Waals surface area contributed by atoms with E-state index in [2.05, 4.69) is 57.4 Å². The normalized spacial score (nSPS) is 10.9. The maximum Gasteiger partial charge on any atom is 0.161 e. The molecule has 158 valence electrons. The predicted molar refractivity (Wildman–Crippen MR) is 130 cm³/mol. The van der Waals surface area contributed by atoms with Crippen LogP contribution in [0.5, 0.6) is 11.5 Å². The van der Waals surface area contributed by atoms with Gasteiger partial charge in [-0.15, -0.1) is 6.58 Å². The first kappa shape index (κ1) is 21.2. The Morgan fingerprint density at radius 3 is 2.71 bits per heavy atom. The van der Waals surface area contributed by atoms with E-state index in [1.165, 1.54) is 0 Å². The highest BCUT2D eigenvalue weighted by Crippen LogP contribution is 2.29. The van der Waals surface area contributed by atoms with E-state index in [9.17, 15) is 0 Å². The summed E-state index contributed by atoms with van der Waals surface area (Å²) in [6.07, 6.45) is 3.54. The molecule has 4 nitrogen and oxygen atoms in total. The molecule has 0 bridgehead atoms. The van der Waals surface area contributed by atoms with Gasteiger partial charge in [-0.3, -0.25) is 0 Å². The monoisotopic (exact) mass is 476 g/mol. The lowest BCUT2D eigenvalue weighted by atomic mass is 10.1. The van der Waals surface area contributed by atoms with E-state index in [1.807, 2.05) is 42.5 Å². The predicted octanol–water partition coefficient (Wildman–Crippen LogP) is 6.67. The molecular weight excluding hydrogens is 452 g/mol. The summed E-state index contributed by atoms with van der Waals surface area (Å²) in [6.45, 7) is 5.18. The number of aryl methyl sites for hydroxylation is 1. The number of halogens is 1.